The van der Waals surface area contributed by atoms with Crippen molar-refractivity contribution >= 4 is 17.5 Å². The molecule has 1 atom stereocenters. The zero-order chi connectivity index (χ0) is 17.8. The predicted octanol–water partition coefficient (Wildman–Crippen LogP) is 2.20. The molecular weight excluding hydrogens is 325 g/mol. The number of benzene rings is 1. The fourth-order valence-corrected chi connectivity index (χ4v) is 2.82. The van der Waals surface area contributed by atoms with Crippen molar-refractivity contribution in [2.24, 2.45) is 0 Å². The summed E-state index contributed by atoms with van der Waals surface area (Å²) >= 11 is 0. The first-order chi connectivity index (χ1) is 12.0. The second-order valence-electron chi connectivity index (χ2n) is 5.97. The van der Waals surface area contributed by atoms with Gasteiger partial charge in [-0.3, -0.25) is 9.59 Å². The number of carbonyl (C=O) groups is 2. The molecule has 1 aliphatic rings. The van der Waals surface area contributed by atoms with E-state index in [2.05, 4.69) is 5.32 Å². The molecule has 0 radical (unpaired) electrons. The monoisotopic (exact) mass is 345 g/mol. The molecule has 0 saturated carbocycles. The highest BCUT2D eigenvalue weighted by atomic mass is 19.1. The molecule has 1 saturated heterocycles. The lowest BCUT2D eigenvalue weighted by Crippen LogP contribution is -2.53. The summed E-state index contributed by atoms with van der Waals surface area (Å²) in [6.07, 6.45) is 1.47. The number of halogens is 1. The number of carbonyl (C=O) groups excluding carboxylic acids is 2. The molecule has 1 fully saturated rings. The minimum Gasteiger partial charge on any atom is -0.459 e. The molecule has 2 amide bonds. The zero-order valence-electron chi connectivity index (χ0n) is 13.9. The number of furan rings is 1. The van der Waals surface area contributed by atoms with E-state index in [1.54, 1.807) is 41.0 Å². The van der Waals surface area contributed by atoms with Gasteiger partial charge in [-0.25, -0.2) is 4.39 Å². The number of amides is 2. The van der Waals surface area contributed by atoms with Gasteiger partial charge in [-0.15, -0.1) is 0 Å². The van der Waals surface area contributed by atoms with E-state index in [9.17, 15) is 14.0 Å². The number of nitrogens with one attached hydrogen (secondary N) is 1. The van der Waals surface area contributed by atoms with Crippen LogP contribution >= 0.6 is 0 Å². The number of hydrogen-bond donors (Lipinski definition) is 1. The number of nitrogens with zero attached hydrogens (tertiary/aromatic N) is 2. The molecule has 6 nitrogen and oxygen atoms in total. The molecule has 1 aliphatic heterocycles. The van der Waals surface area contributed by atoms with Crippen molar-refractivity contribution in [3.05, 3.63) is 54.2 Å². The Kier molecular flexibility index (Phi) is 5.02. The molecule has 0 unspecified atom stereocenters. The molecule has 0 spiro atoms. The largest absolute Gasteiger partial charge is 0.459 e. The van der Waals surface area contributed by atoms with Gasteiger partial charge in [0.25, 0.3) is 5.91 Å². The first kappa shape index (κ1) is 17.0. The van der Waals surface area contributed by atoms with Crippen molar-refractivity contribution < 1.29 is 18.4 Å². The highest BCUT2D eigenvalue weighted by Crippen LogP contribution is 2.13. The second-order valence-corrected chi connectivity index (χ2v) is 5.97. The SMILES string of the molecule is C[C@@H](Nc1ccc(F)cc1)C(=O)N1CCN(C(=O)c2ccco2)CC1. The fraction of sp³-hybridized carbons (Fsp3) is 0.333. The fourth-order valence-electron chi connectivity index (χ4n) is 2.82. The van der Waals surface area contributed by atoms with Crippen LogP contribution in [0.4, 0.5) is 10.1 Å². The molecule has 3 rings (SSSR count). The molecular formula is C18H20FN3O3. The summed E-state index contributed by atoms with van der Waals surface area (Å²) in [5, 5.41) is 3.07. The van der Waals surface area contributed by atoms with E-state index in [1.165, 1.54) is 18.4 Å². The van der Waals surface area contributed by atoms with Crippen molar-refractivity contribution in [3.63, 3.8) is 0 Å². The van der Waals surface area contributed by atoms with Gasteiger partial charge in [-0.05, 0) is 43.3 Å². The summed E-state index contributed by atoms with van der Waals surface area (Å²) in [6.45, 7) is 3.65. The Hall–Kier alpha value is -2.83. The average Bonchev–Trinajstić information content (AvgIpc) is 3.17. The Morgan fingerprint density at radius 3 is 2.32 bits per heavy atom. The van der Waals surface area contributed by atoms with E-state index in [1.807, 2.05) is 0 Å². The van der Waals surface area contributed by atoms with Crippen LogP contribution in [0.5, 0.6) is 0 Å². The molecule has 25 heavy (non-hydrogen) atoms. The summed E-state index contributed by atoms with van der Waals surface area (Å²) in [5.41, 5.74) is 0.689. The average molecular weight is 345 g/mol. The standard InChI is InChI=1S/C18H20FN3O3/c1-13(20-15-6-4-14(19)5-7-15)17(23)21-8-10-22(11-9-21)18(24)16-3-2-12-25-16/h2-7,12-13,20H,8-11H2,1H3/t13-/m1/s1. The third kappa shape index (κ3) is 3.99. The molecule has 132 valence electrons. The van der Waals surface area contributed by atoms with Gasteiger partial charge in [0, 0.05) is 31.9 Å². The lowest BCUT2D eigenvalue weighted by molar-refractivity contribution is -0.133. The third-order valence-electron chi connectivity index (χ3n) is 4.21. The molecule has 0 bridgehead atoms. The molecule has 1 N–H and O–H groups in total. The minimum absolute atomic E-state index is 0.0468. The van der Waals surface area contributed by atoms with Gasteiger partial charge >= 0.3 is 0 Å². The summed E-state index contributed by atoms with van der Waals surface area (Å²) in [5.74, 6) is -0.211. The van der Waals surface area contributed by atoms with Gasteiger partial charge in [0.05, 0.1) is 6.26 Å². The second kappa shape index (κ2) is 7.38. The maximum Gasteiger partial charge on any atom is 0.289 e. The van der Waals surface area contributed by atoms with Crippen LogP contribution in [0.1, 0.15) is 17.5 Å². The lowest BCUT2D eigenvalue weighted by Gasteiger charge is -2.35. The van der Waals surface area contributed by atoms with E-state index < -0.39 is 6.04 Å². The van der Waals surface area contributed by atoms with E-state index in [4.69, 9.17) is 4.42 Å². The van der Waals surface area contributed by atoms with E-state index in [0.29, 0.717) is 37.6 Å². The topological polar surface area (TPSA) is 65.8 Å². The van der Waals surface area contributed by atoms with E-state index in [0.717, 1.165) is 0 Å². The first-order valence-corrected chi connectivity index (χ1v) is 8.18. The van der Waals surface area contributed by atoms with Gasteiger partial charge in [-0.1, -0.05) is 0 Å². The maximum absolute atomic E-state index is 12.9. The Labute approximate surface area is 145 Å². The van der Waals surface area contributed by atoms with Crippen LogP contribution in [0.2, 0.25) is 0 Å². The van der Waals surface area contributed by atoms with E-state index in [-0.39, 0.29) is 17.6 Å². The third-order valence-corrected chi connectivity index (χ3v) is 4.21. The van der Waals surface area contributed by atoms with Gasteiger partial charge in [0.15, 0.2) is 5.76 Å². The van der Waals surface area contributed by atoms with Gasteiger partial charge in [-0.2, -0.15) is 0 Å². The summed E-state index contributed by atoms with van der Waals surface area (Å²) in [6, 6.07) is 8.76. The normalized spacial score (nSPS) is 15.8. The quantitative estimate of drug-likeness (QED) is 0.923. The molecule has 2 heterocycles. The number of piperazine rings is 1. The Balaban J connectivity index is 1.52. The van der Waals surface area contributed by atoms with Crippen LogP contribution in [0.3, 0.4) is 0 Å². The Morgan fingerprint density at radius 1 is 1.08 bits per heavy atom. The molecule has 1 aromatic heterocycles. The van der Waals surface area contributed by atoms with Crippen molar-refractivity contribution in [2.45, 2.75) is 13.0 Å². The Morgan fingerprint density at radius 2 is 1.72 bits per heavy atom. The molecule has 0 aliphatic carbocycles. The van der Waals surface area contributed by atoms with E-state index >= 15 is 0 Å². The van der Waals surface area contributed by atoms with Crippen LogP contribution in [-0.2, 0) is 4.79 Å². The van der Waals surface area contributed by atoms with Crippen molar-refractivity contribution in [3.8, 4) is 0 Å². The lowest BCUT2D eigenvalue weighted by atomic mass is 10.2. The van der Waals surface area contributed by atoms with Crippen molar-refractivity contribution in [1.82, 2.24) is 9.80 Å². The van der Waals surface area contributed by atoms with Crippen LogP contribution in [-0.4, -0.2) is 53.8 Å². The number of hydrogen-bond acceptors (Lipinski definition) is 4. The highest BCUT2D eigenvalue weighted by Gasteiger charge is 2.28. The minimum atomic E-state index is -0.433. The van der Waals surface area contributed by atoms with Crippen molar-refractivity contribution in [1.29, 1.82) is 0 Å². The summed E-state index contributed by atoms with van der Waals surface area (Å²) < 4.78 is 18.1. The maximum atomic E-state index is 12.9. The first-order valence-electron chi connectivity index (χ1n) is 8.18. The number of anilines is 1. The molecule has 1 aromatic carbocycles. The van der Waals surface area contributed by atoms with Crippen LogP contribution in [0, 0.1) is 5.82 Å². The van der Waals surface area contributed by atoms with Crippen LogP contribution in [0.25, 0.3) is 0 Å². The van der Waals surface area contributed by atoms with Gasteiger partial charge in [0.1, 0.15) is 11.9 Å². The predicted molar refractivity (Wildman–Crippen MR) is 90.7 cm³/mol. The van der Waals surface area contributed by atoms with Gasteiger partial charge < -0.3 is 19.5 Å². The Bertz CT molecular complexity index is 723. The summed E-state index contributed by atoms with van der Waals surface area (Å²) in [7, 11) is 0. The van der Waals surface area contributed by atoms with Gasteiger partial charge in [0.2, 0.25) is 5.91 Å². The van der Waals surface area contributed by atoms with Crippen LogP contribution < -0.4 is 5.32 Å². The number of rotatable bonds is 4. The molecule has 2 aromatic rings. The van der Waals surface area contributed by atoms with Crippen LogP contribution in [0.15, 0.2) is 47.1 Å². The smallest absolute Gasteiger partial charge is 0.289 e. The zero-order valence-corrected chi connectivity index (χ0v) is 13.9. The highest BCUT2D eigenvalue weighted by molar-refractivity contribution is 5.91. The summed E-state index contributed by atoms with van der Waals surface area (Å²) in [4.78, 5) is 28.2. The van der Waals surface area contributed by atoms with Crippen molar-refractivity contribution in [2.75, 3.05) is 31.5 Å². The molecule has 7 heteroatoms.